The molecule has 3 fully saturated rings. The number of ketones is 1. The molecular formula is C43H69N7O9. The molecule has 0 spiro atoms. The van der Waals surface area contributed by atoms with Crippen molar-refractivity contribution in [3.8, 4) is 11.4 Å². The maximum Gasteiger partial charge on any atom is 0.410 e. The number of nitrogens with zero attached hydrogens (tertiary/aromatic N) is 6. The number of hydrogen-bond donors (Lipinski definition) is 2. The molecule has 5 heterocycles. The summed E-state index contributed by atoms with van der Waals surface area (Å²) < 4.78 is 33.5. The third-order valence-corrected chi connectivity index (χ3v) is 12.8. The second kappa shape index (κ2) is 19.9. The van der Waals surface area contributed by atoms with Crippen LogP contribution in [-0.2, 0) is 39.8 Å². The van der Waals surface area contributed by atoms with Crippen molar-refractivity contribution in [3.63, 3.8) is 0 Å². The van der Waals surface area contributed by atoms with E-state index in [1.807, 2.05) is 78.0 Å². The number of cyclic esters (lactones) is 1. The highest BCUT2D eigenvalue weighted by Gasteiger charge is 2.59. The number of unbranched alkanes of at least 4 members (excludes halogenated alkanes) is 1. The number of carbonyl (C=O) groups excluding carboxylic acids is 3. The van der Waals surface area contributed by atoms with Crippen molar-refractivity contribution in [2.45, 2.75) is 160 Å². The molecule has 2 N–H and O–H groups in total. The molecule has 0 aliphatic carbocycles. The summed E-state index contributed by atoms with van der Waals surface area (Å²) in [5.41, 5.74) is -0.834. The van der Waals surface area contributed by atoms with Gasteiger partial charge in [-0.15, -0.1) is 5.10 Å². The molecule has 16 nitrogen and oxygen atoms in total. The van der Waals surface area contributed by atoms with Crippen molar-refractivity contribution in [1.29, 1.82) is 0 Å². The van der Waals surface area contributed by atoms with E-state index in [1.165, 1.54) is 0 Å². The van der Waals surface area contributed by atoms with Gasteiger partial charge in [-0.2, -0.15) is 0 Å². The van der Waals surface area contributed by atoms with Gasteiger partial charge in [0, 0.05) is 44.4 Å². The van der Waals surface area contributed by atoms with Gasteiger partial charge in [0.05, 0.1) is 35.7 Å². The number of methoxy groups -OCH3 is 1. The predicted octanol–water partition coefficient (Wildman–Crippen LogP) is 4.49. The zero-order chi connectivity index (χ0) is 43.2. The van der Waals surface area contributed by atoms with Gasteiger partial charge in [0.1, 0.15) is 23.8 Å². The average molecular weight is 828 g/mol. The number of nitrogens with one attached hydrogen (secondary N) is 1. The minimum atomic E-state index is -1.23. The maximum atomic E-state index is 14.6. The van der Waals surface area contributed by atoms with Gasteiger partial charge in [-0.05, 0) is 105 Å². The van der Waals surface area contributed by atoms with Crippen LogP contribution < -0.4 is 5.32 Å². The average Bonchev–Trinajstić information content (AvgIpc) is 3.78. The molecule has 16 heteroatoms. The molecule has 3 aliphatic rings. The van der Waals surface area contributed by atoms with Crippen molar-refractivity contribution in [1.82, 2.24) is 35.1 Å². The van der Waals surface area contributed by atoms with Crippen LogP contribution in [0.1, 0.15) is 93.9 Å². The smallest absolute Gasteiger partial charge is 0.410 e. The van der Waals surface area contributed by atoms with Crippen LogP contribution in [-0.4, -0.2) is 147 Å². The van der Waals surface area contributed by atoms with E-state index in [-0.39, 0.29) is 36.3 Å². The number of hydrogen-bond acceptors (Lipinski definition) is 14. The third-order valence-electron chi connectivity index (χ3n) is 12.8. The van der Waals surface area contributed by atoms with Crippen molar-refractivity contribution >= 4 is 17.8 Å². The number of fused-ring (bicyclic) bond motifs is 1. The second-order valence-corrected chi connectivity index (χ2v) is 17.6. The van der Waals surface area contributed by atoms with E-state index in [0.717, 1.165) is 12.1 Å². The van der Waals surface area contributed by atoms with Crippen LogP contribution in [0.15, 0.2) is 30.6 Å². The molecule has 59 heavy (non-hydrogen) atoms. The molecule has 13 atom stereocenters. The van der Waals surface area contributed by atoms with Crippen molar-refractivity contribution in [2.24, 2.45) is 17.8 Å². The van der Waals surface area contributed by atoms with E-state index in [0.29, 0.717) is 51.0 Å². The number of aromatic nitrogens is 4. The lowest BCUT2D eigenvalue weighted by Crippen LogP contribution is -2.61. The Hall–Kier alpha value is -3.54. The molecule has 3 saturated heterocycles. The molecule has 0 bridgehead atoms. The van der Waals surface area contributed by atoms with Gasteiger partial charge >= 0.3 is 12.1 Å². The van der Waals surface area contributed by atoms with E-state index >= 15 is 0 Å². The minimum Gasteiger partial charge on any atom is -0.457 e. The van der Waals surface area contributed by atoms with Crippen LogP contribution in [0, 0.1) is 17.8 Å². The Morgan fingerprint density at radius 3 is 2.41 bits per heavy atom. The van der Waals surface area contributed by atoms with E-state index in [1.54, 1.807) is 36.7 Å². The zero-order valence-corrected chi connectivity index (χ0v) is 37.0. The fourth-order valence-electron chi connectivity index (χ4n) is 9.53. The summed E-state index contributed by atoms with van der Waals surface area (Å²) >= 11 is 0. The summed E-state index contributed by atoms with van der Waals surface area (Å²) in [6.07, 6.45) is 2.13. The second-order valence-electron chi connectivity index (χ2n) is 17.6. The van der Waals surface area contributed by atoms with Crippen LogP contribution in [0.4, 0.5) is 4.79 Å². The first kappa shape index (κ1) is 46.5. The van der Waals surface area contributed by atoms with Crippen LogP contribution in [0.25, 0.3) is 11.4 Å². The lowest BCUT2D eigenvalue weighted by atomic mass is 9.78. The van der Waals surface area contributed by atoms with Crippen LogP contribution in [0.5, 0.6) is 0 Å². The first-order chi connectivity index (χ1) is 28.0. The molecule has 0 aromatic carbocycles. The highest BCUT2D eigenvalue weighted by Crippen LogP contribution is 2.40. The third kappa shape index (κ3) is 10.3. The number of Topliss-reactive ketones (excluding diaryl/α,β-unsaturated/α-hetero) is 1. The number of likely N-dealkylation sites (N-methyl/N-ethyl adjacent to an activating group) is 1. The number of rotatable bonds is 12. The Morgan fingerprint density at radius 2 is 1.76 bits per heavy atom. The Kier molecular flexibility index (Phi) is 15.7. The molecule has 330 valence electrons. The normalized spacial score (nSPS) is 36.5. The molecule has 0 radical (unpaired) electrons. The topological polar surface area (TPSA) is 180 Å². The fraction of sp³-hybridized carbons (Fsp3) is 0.767. The molecule has 2 aromatic rings. The molecule has 3 unspecified atom stereocenters. The molecule has 5 rings (SSSR count). The van der Waals surface area contributed by atoms with Gasteiger partial charge < -0.3 is 39.0 Å². The standard InChI is InChI=1S/C43H69N7O9/c1-12-30-35(51)28(5)38(58-40-36(52)33(48(9)10)22-27(4)56-40)42(7,55-11)23-26(3)24-45-29(6)37-43(8,34(13-2)57-39(30)53)59-41(54)50(37)21-17-16-20-49-25-32(46-47-49)31-18-14-15-19-44-31/h14-15,18-19,25-30,33-34,36-38,40,45,52H,12-13,16-17,20-24H2,1-11H3/t26-,27-,28-,29-,30?,33?,34-,36?,37-,38-,40+,42-,43-/m1/s1. The van der Waals surface area contributed by atoms with Crippen LogP contribution >= 0.6 is 0 Å². The summed E-state index contributed by atoms with van der Waals surface area (Å²) in [6.45, 7) is 16.8. The van der Waals surface area contributed by atoms with E-state index in [4.69, 9.17) is 23.7 Å². The Morgan fingerprint density at radius 1 is 1.03 bits per heavy atom. The number of aryl methyl sites for hydroxylation is 1. The van der Waals surface area contributed by atoms with Crippen molar-refractivity contribution in [2.75, 3.05) is 34.3 Å². The quantitative estimate of drug-likeness (QED) is 0.174. The predicted molar refractivity (Wildman–Crippen MR) is 220 cm³/mol. The lowest BCUT2D eigenvalue weighted by molar-refractivity contribution is -0.295. The van der Waals surface area contributed by atoms with Crippen molar-refractivity contribution < 1.29 is 43.2 Å². The zero-order valence-electron chi connectivity index (χ0n) is 37.0. The van der Waals surface area contributed by atoms with Crippen molar-refractivity contribution in [3.05, 3.63) is 30.6 Å². The number of esters is 1. The summed E-state index contributed by atoms with van der Waals surface area (Å²) in [4.78, 5) is 50.7. The number of carbonyl (C=O) groups is 3. The summed E-state index contributed by atoms with van der Waals surface area (Å²) in [6, 6.07) is 4.62. The minimum absolute atomic E-state index is 0.00946. The summed E-state index contributed by atoms with van der Waals surface area (Å²) in [7, 11) is 5.41. The Labute approximate surface area is 350 Å². The molecular weight excluding hydrogens is 759 g/mol. The first-order valence-corrected chi connectivity index (χ1v) is 21.5. The number of amides is 1. The Bertz CT molecular complexity index is 1700. The molecule has 3 aliphatic heterocycles. The number of aliphatic hydroxyl groups is 1. The largest absolute Gasteiger partial charge is 0.457 e. The summed E-state index contributed by atoms with van der Waals surface area (Å²) in [5.74, 6) is -3.02. The number of ether oxygens (including phenoxy) is 5. The molecule has 1 amide bonds. The monoisotopic (exact) mass is 828 g/mol. The van der Waals surface area contributed by atoms with Gasteiger partial charge in [-0.3, -0.25) is 24.2 Å². The van der Waals surface area contributed by atoms with Crippen LogP contribution in [0.3, 0.4) is 0 Å². The van der Waals surface area contributed by atoms with Crippen LogP contribution in [0.2, 0.25) is 0 Å². The summed E-state index contributed by atoms with van der Waals surface area (Å²) in [5, 5.41) is 23.7. The van der Waals surface area contributed by atoms with E-state index in [2.05, 4.69) is 27.5 Å². The van der Waals surface area contributed by atoms with Gasteiger partial charge in [-0.25, -0.2) is 4.79 Å². The van der Waals surface area contributed by atoms with Gasteiger partial charge in [0.2, 0.25) is 0 Å². The first-order valence-electron chi connectivity index (χ1n) is 21.5. The number of pyridine rings is 1. The van der Waals surface area contributed by atoms with E-state index in [9.17, 15) is 19.5 Å². The highest BCUT2D eigenvalue weighted by molar-refractivity contribution is 6.00. The number of aliphatic hydroxyl groups excluding tert-OH is 1. The van der Waals surface area contributed by atoms with Gasteiger partial charge in [-0.1, -0.05) is 39.0 Å². The molecule has 0 saturated carbocycles. The molecule has 2 aromatic heterocycles. The maximum absolute atomic E-state index is 14.6. The van der Waals surface area contributed by atoms with Gasteiger partial charge in [0.25, 0.3) is 0 Å². The fourth-order valence-corrected chi connectivity index (χ4v) is 9.53. The SMILES string of the molecule is CCC1C(=O)O[C@H](CC)[C@@]2(C)OC(=O)N(CCCCn3cc(-c4ccccn4)nn3)[C@@H]2[C@@H](C)NC[C@H](C)C[C@@](C)(OC)[C@H](O[C@@H]2O[C@H](C)CC(N(C)C)C2O)[C@H](C)C1=O. The van der Waals surface area contributed by atoms with E-state index < -0.39 is 65.7 Å². The highest BCUT2D eigenvalue weighted by atomic mass is 16.7. The van der Waals surface area contributed by atoms with Gasteiger partial charge in [0.15, 0.2) is 17.7 Å². The lowest BCUT2D eigenvalue weighted by Gasteiger charge is -2.46. The Balaban J connectivity index is 1.40.